The third-order valence-corrected chi connectivity index (χ3v) is 9.78. The molecule has 1 amide bonds. The lowest BCUT2D eigenvalue weighted by molar-refractivity contribution is -0.870. The lowest BCUT2D eigenvalue weighted by atomic mass is 10.0. The number of aliphatic hydroxyl groups is 1. The van der Waals surface area contributed by atoms with Gasteiger partial charge in [0.1, 0.15) is 13.2 Å². The van der Waals surface area contributed by atoms with Crippen LogP contribution in [0.3, 0.4) is 0 Å². The molecule has 0 fully saturated rings. The lowest BCUT2D eigenvalue weighted by Crippen LogP contribution is -2.45. The van der Waals surface area contributed by atoms with Gasteiger partial charge in [0.2, 0.25) is 5.91 Å². The zero-order valence-electron chi connectivity index (χ0n) is 40.9. The molecule has 2 N–H and O–H groups in total. The fraction of sp³-hybridized carbons (Fsp3) is 0.878. The molecular formula is C41H81N2O6P. The van der Waals surface area contributed by atoms with E-state index in [2.05, 4.69) is 31.3 Å². The fourth-order valence-corrected chi connectivity index (χ4v) is 6.38. The van der Waals surface area contributed by atoms with Crippen LogP contribution in [0.1, 0.15) is 193 Å². The van der Waals surface area contributed by atoms with Crippen molar-refractivity contribution >= 4 is 13.7 Å². The molecule has 0 saturated carbocycles. The Labute approximate surface area is 322 Å². The van der Waals surface area contributed by atoms with E-state index in [1.54, 1.807) is 6.08 Å². The Bertz CT molecular complexity index is 1130. The SMILES string of the molecule is [2H]C([2H])([2H])[N+](CCOP(=O)([O-])OC[C@H](NC(=O)CCCCCCC/C=C/CCCCCCCC)[C@H](O)/C=C/CCCCCCCCCCCCC)(C([2H])([2H])[2H])C([2H])([2H])[2H]. The maximum atomic E-state index is 12.9. The predicted molar refractivity (Wildman–Crippen MR) is 210 cm³/mol. The third kappa shape index (κ3) is 35.4. The molecular weight excluding hydrogens is 647 g/mol. The van der Waals surface area contributed by atoms with Crippen molar-refractivity contribution in [1.82, 2.24) is 5.32 Å². The van der Waals surface area contributed by atoms with E-state index in [0.717, 1.165) is 57.8 Å². The van der Waals surface area contributed by atoms with Crippen LogP contribution in [0.5, 0.6) is 0 Å². The summed E-state index contributed by atoms with van der Waals surface area (Å²) >= 11 is 0. The van der Waals surface area contributed by atoms with Gasteiger partial charge in [0.05, 0.1) is 52.0 Å². The maximum Gasteiger partial charge on any atom is 0.268 e. The summed E-state index contributed by atoms with van der Waals surface area (Å²) in [5.74, 6) is -0.397. The number of likely N-dealkylation sites (N-methyl/N-ethyl adjacent to an activating group) is 1. The van der Waals surface area contributed by atoms with Crippen molar-refractivity contribution in [2.45, 2.75) is 193 Å². The van der Waals surface area contributed by atoms with Gasteiger partial charge in [0.25, 0.3) is 7.82 Å². The summed E-state index contributed by atoms with van der Waals surface area (Å²) in [6, 6.07) is -1.19. The first-order valence-electron chi connectivity index (χ1n) is 24.5. The van der Waals surface area contributed by atoms with Gasteiger partial charge in [-0.15, -0.1) is 0 Å². The number of nitrogens with one attached hydrogen (secondary N) is 1. The van der Waals surface area contributed by atoms with Crippen LogP contribution >= 0.6 is 7.82 Å². The van der Waals surface area contributed by atoms with Crippen molar-refractivity contribution in [2.75, 3.05) is 40.7 Å². The number of phosphoric ester groups is 1. The normalized spacial score (nSPS) is 18.2. The lowest BCUT2D eigenvalue weighted by Gasteiger charge is -2.29. The van der Waals surface area contributed by atoms with Gasteiger partial charge in [-0.3, -0.25) is 9.36 Å². The molecule has 0 heterocycles. The molecule has 0 aromatic heterocycles. The highest BCUT2D eigenvalue weighted by molar-refractivity contribution is 7.45. The average molecular weight is 738 g/mol. The minimum atomic E-state index is -5.29. The molecule has 0 radical (unpaired) electrons. The summed E-state index contributed by atoms with van der Waals surface area (Å²) in [5, 5.41) is 13.6. The van der Waals surface area contributed by atoms with Crippen molar-refractivity contribution in [3.8, 4) is 0 Å². The number of nitrogens with zero attached hydrogens (tertiary/aromatic N) is 1. The van der Waals surface area contributed by atoms with E-state index in [1.807, 2.05) is 0 Å². The Morgan fingerprint density at radius 2 is 1.16 bits per heavy atom. The topological polar surface area (TPSA) is 108 Å². The summed E-state index contributed by atoms with van der Waals surface area (Å²) in [6.07, 6.45) is 35.0. The number of carbonyl (C=O) groups excluding carboxylic acids is 1. The number of quaternary nitrogens is 1. The maximum absolute atomic E-state index is 12.9. The first kappa shape index (κ1) is 34.7. The number of phosphoric acid groups is 1. The van der Waals surface area contributed by atoms with Gasteiger partial charge in [0.15, 0.2) is 0 Å². The van der Waals surface area contributed by atoms with Gasteiger partial charge in [-0.25, -0.2) is 0 Å². The molecule has 0 spiro atoms. The number of aliphatic hydroxyl groups excluding tert-OH is 1. The molecule has 3 atom stereocenters. The zero-order chi connectivity index (χ0) is 44.7. The molecule has 8 nitrogen and oxygen atoms in total. The van der Waals surface area contributed by atoms with Gasteiger partial charge < -0.3 is 28.8 Å². The molecule has 0 aliphatic rings. The van der Waals surface area contributed by atoms with Crippen LogP contribution in [0.2, 0.25) is 0 Å². The van der Waals surface area contributed by atoms with E-state index < -0.39 is 71.0 Å². The Balaban J connectivity index is 5.11. The quantitative estimate of drug-likeness (QED) is 0.0284. The highest BCUT2D eigenvalue weighted by atomic mass is 31.2. The number of carbonyl (C=O) groups is 1. The molecule has 0 saturated heterocycles. The average Bonchev–Trinajstić information content (AvgIpc) is 3.13. The molecule has 50 heavy (non-hydrogen) atoms. The summed E-state index contributed by atoms with van der Waals surface area (Å²) in [7, 11) is -5.29. The Morgan fingerprint density at radius 3 is 1.64 bits per heavy atom. The molecule has 0 rings (SSSR count). The standard InChI is InChI=1S/C41H81N2O6P/c1-6-8-10-12-14-16-18-20-21-23-25-27-29-31-33-35-41(45)42-39(38-49-50(46,47)48-37-36-43(3,4)5)40(44)34-32-30-28-26-24-22-19-17-15-13-11-9-7-2/h20-21,32,34,39-40,44H,6-19,22-31,33,35-38H2,1-5H3,(H-,42,45,46,47)/b21-20+,34-32+/t39-,40+/m0/s1/i3D3,4D3,5D3. The molecule has 0 aliphatic carbocycles. The van der Waals surface area contributed by atoms with E-state index >= 15 is 0 Å². The molecule has 9 heteroatoms. The van der Waals surface area contributed by atoms with Crippen LogP contribution in [0.15, 0.2) is 24.3 Å². The molecule has 296 valence electrons. The monoisotopic (exact) mass is 738 g/mol. The second kappa shape index (κ2) is 33.8. The van der Waals surface area contributed by atoms with E-state index in [1.165, 1.54) is 96.0 Å². The summed E-state index contributed by atoms with van der Waals surface area (Å²) in [4.78, 5) is 25.6. The summed E-state index contributed by atoms with van der Waals surface area (Å²) in [6.45, 7) is -9.36. The minimum Gasteiger partial charge on any atom is -0.756 e. The minimum absolute atomic E-state index is 0.161. The van der Waals surface area contributed by atoms with Crippen molar-refractivity contribution in [3.05, 3.63) is 24.3 Å². The van der Waals surface area contributed by atoms with Gasteiger partial charge in [0, 0.05) is 6.42 Å². The highest BCUT2D eigenvalue weighted by Gasteiger charge is 2.23. The van der Waals surface area contributed by atoms with Crippen LogP contribution in [-0.2, 0) is 18.4 Å². The van der Waals surface area contributed by atoms with Crippen molar-refractivity contribution in [1.29, 1.82) is 0 Å². The van der Waals surface area contributed by atoms with Crippen molar-refractivity contribution < 1.29 is 45.2 Å². The molecule has 0 aromatic carbocycles. The van der Waals surface area contributed by atoms with Crippen LogP contribution in [-0.4, -0.2) is 68.3 Å². The zero-order valence-corrected chi connectivity index (χ0v) is 32.7. The first-order valence-corrected chi connectivity index (χ1v) is 21.5. The summed E-state index contributed by atoms with van der Waals surface area (Å²) in [5.41, 5.74) is 0. The second-order valence-corrected chi connectivity index (χ2v) is 15.3. The Morgan fingerprint density at radius 1 is 0.720 bits per heavy atom. The van der Waals surface area contributed by atoms with Crippen LogP contribution in [0.25, 0.3) is 0 Å². The predicted octanol–water partition coefficient (Wildman–Crippen LogP) is 10.3. The van der Waals surface area contributed by atoms with Gasteiger partial charge in [-0.2, -0.15) is 0 Å². The smallest absolute Gasteiger partial charge is 0.268 e. The molecule has 0 bridgehead atoms. The first-order chi connectivity index (χ1) is 27.8. The van der Waals surface area contributed by atoms with Gasteiger partial charge >= 0.3 is 0 Å². The van der Waals surface area contributed by atoms with E-state index in [4.69, 9.17) is 21.4 Å². The highest BCUT2D eigenvalue weighted by Crippen LogP contribution is 2.38. The Kier molecular flexibility index (Phi) is 23.5. The van der Waals surface area contributed by atoms with Crippen molar-refractivity contribution in [2.24, 2.45) is 0 Å². The largest absolute Gasteiger partial charge is 0.756 e. The number of hydrogen-bond acceptors (Lipinski definition) is 6. The van der Waals surface area contributed by atoms with Gasteiger partial charge in [-0.1, -0.05) is 154 Å². The molecule has 1 unspecified atom stereocenters. The van der Waals surface area contributed by atoms with E-state index in [0.29, 0.717) is 12.8 Å². The van der Waals surface area contributed by atoms with Crippen LogP contribution in [0.4, 0.5) is 0 Å². The number of hydrogen-bond donors (Lipinski definition) is 2. The Hall–Kier alpha value is -1.02. The number of allylic oxidation sites excluding steroid dienone is 3. The third-order valence-electron chi connectivity index (χ3n) is 8.82. The number of unbranched alkanes of at least 4 members (excludes halogenated alkanes) is 22. The van der Waals surface area contributed by atoms with Crippen LogP contribution < -0.4 is 10.2 Å². The van der Waals surface area contributed by atoms with Crippen molar-refractivity contribution in [3.63, 3.8) is 0 Å². The number of amides is 1. The van der Waals surface area contributed by atoms with E-state index in [-0.39, 0.29) is 6.42 Å². The second-order valence-electron chi connectivity index (χ2n) is 13.9. The molecule has 0 aliphatic heterocycles. The van der Waals surface area contributed by atoms with E-state index in [9.17, 15) is 19.4 Å². The summed E-state index contributed by atoms with van der Waals surface area (Å²) < 4.78 is 89.4. The number of rotatable bonds is 37. The van der Waals surface area contributed by atoms with Crippen LogP contribution in [0, 0.1) is 0 Å². The fourth-order valence-electron chi connectivity index (χ4n) is 5.66. The molecule has 0 aromatic rings. The van der Waals surface area contributed by atoms with Gasteiger partial charge in [-0.05, 0) is 44.9 Å².